The van der Waals surface area contributed by atoms with Crippen molar-refractivity contribution in [3.63, 3.8) is 0 Å². The molecule has 1 rings (SSSR count). The molecule has 0 aromatic carbocycles. The van der Waals surface area contributed by atoms with Gasteiger partial charge in [-0.1, -0.05) is 6.92 Å². The molecule has 1 aliphatic rings. The Balaban J connectivity index is 2.72. The lowest BCUT2D eigenvalue weighted by molar-refractivity contribution is -0.130. The van der Waals surface area contributed by atoms with Crippen molar-refractivity contribution in [3.05, 3.63) is 0 Å². The van der Waals surface area contributed by atoms with Gasteiger partial charge >= 0.3 is 6.09 Å². The van der Waals surface area contributed by atoms with E-state index in [-0.39, 0.29) is 17.9 Å². The van der Waals surface area contributed by atoms with E-state index in [1.165, 1.54) is 4.90 Å². The van der Waals surface area contributed by atoms with Crippen LogP contribution in [-0.4, -0.2) is 28.5 Å². The normalized spacial score (nSPS) is 27.0. The van der Waals surface area contributed by atoms with Gasteiger partial charge in [-0.25, -0.2) is 9.69 Å². The number of hydrogen-bond donors (Lipinski definition) is 0. The molecule has 1 heterocycles. The third kappa shape index (κ3) is 2.70. The van der Waals surface area contributed by atoms with Gasteiger partial charge in [0.15, 0.2) is 0 Å². The third-order valence-electron chi connectivity index (χ3n) is 2.38. The molecule has 15 heavy (non-hydrogen) atoms. The van der Waals surface area contributed by atoms with Gasteiger partial charge in [-0.15, -0.1) is 0 Å². The van der Waals surface area contributed by atoms with E-state index < -0.39 is 11.7 Å². The zero-order chi connectivity index (χ0) is 11.8. The van der Waals surface area contributed by atoms with Gasteiger partial charge in [0.05, 0.1) is 0 Å². The van der Waals surface area contributed by atoms with Crippen LogP contribution in [0.4, 0.5) is 4.79 Å². The van der Waals surface area contributed by atoms with Crippen molar-refractivity contribution in [3.8, 4) is 0 Å². The highest BCUT2D eigenvalue weighted by molar-refractivity contribution is 5.95. The topological polar surface area (TPSA) is 46.6 Å². The minimum atomic E-state index is -0.553. The van der Waals surface area contributed by atoms with Crippen LogP contribution < -0.4 is 0 Å². The number of carbonyl (C=O) groups excluding carboxylic acids is 2. The number of hydrogen-bond acceptors (Lipinski definition) is 3. The predicted octanol–water partition coefficient (Wildman–Crippen LogP) is 2.18. The summed E-state index contributed by atoms with van der Waals surface area (Å²) in [4.78, 5) is 24.6. The first-order valence-electron chi connectivity index (χ1n) is 5.28. The molecule has 1 aliphatic heterocycles. The highest BCUT2D eigenvalue weighted by Crippen LogP contribution is 2.25. The Morgan fingerprint density at radius 2 is 1.93 bits per heavy atom. The lowest BCUT2D eigenvalue weighted by Crippen LogP contribution is -2.41. The minimum Gasteiger partial charge on any atom is -0.443 e. The highest BCUT2D eigenvalue weighted by atomic mass is 16.6. The van der Waals surface area contributed by atoms with Crippen LogP contribution in [0.2, 0.25) is 0 Å². The van der Waals surface area contributed by atoms with Gasteiger partial charge in [0.1, 0.15) is 5.60 Å². The first kappa shape index (κ1) is 12.0. The fourth-order valence-corrected chi connectivity index (χ4v) is 1.75. The molecule has 0 bridgehead atoms. The van der Waals surface area contributed by atoms with E-state index in [9.17, 15) is 9.59 Å². The van der Waals surface area contributed by atoms with Crippen LogP contribution in [-0.2, 0) is 9.53 Å². The third-order valence-corrected chi connectivity index (χ3v) is 2.38. The number of amides is 2. The summed E-state index contributed by atoms with van der Waals surface area (Å²) in [6.07, 6.45) is 0.197. The summed E-state index contributed by atoms with van der Waals surface area (Å²) in [5.74, 6) is -0.204. The van der Waals surface area contributed by atoms with Crippen LogP contribution in [0.3, 0.4) is 0 Å². The first-order valence-corrected chi connectivity index (χ1v) is 5.28. The molecule has 2 amide bonds. The van der Waals surface area contributed by atoms with Crippen LogP contribution >= 0.6 is 0 Å². The van der Waals surface area contributed by atoms with E-state index in [2.05, 4.69) is 0 Å². The maximum atomic E-state index is 11.7. The van der Waals surface area contributed by atoms with Crippen molar-refractivity contribution in [2.45, 2.75) is 52.7 Å². The summed E-state index contributed by atoms with van der Waals surface area (Å²) in [6.45, 7) is 9.08. The smallest absolute Gasteiger partial charge is 0.417 e. The van der Waals surface area contributed by atoms with Crippen molar-refractivity contribution >= 4 is 12.0 Å². The quantitative estimate of drug-likeness (QED) is 0.619. The SMILES string of the molecule is C[C@@H]1C[C@H](C)N(C(=O)OC(C)(C)C)C1=O. The molecular formula is C11H19NO3. The maximum Gasteiger partial charge on any atom is 0.417 e. The summed E-state index contributed by atoms with van der Waals surface area (Å²) in [5, 5.41) is 0. The van der Waals surface area contributed by atoms with Crippen LogP contribution in [0.15, 0.2) is 0 Å². The van der Waals surface area contributed by atoms with Gasteiger partial charge < -0.3 is 4.74 Å². The van der Waals surface area contributed by atoms with E-state index >= 15 is 0 Å². The van der Waals surface area contributed by atoms with Gasteiger partial charge in [-0.05, 0) is 34.1 Å². The van der Waals surface area contributed by atoms with Crippen LogP contribution in [0.5, 0.6) is 0 Å². The molecule has 86 valence electrons. The molecule has 0 radical (unpaired) electrons. The molecule has 0 unspecified atom stereocenters. The Kier molecular flexibility index (Phi) is 3.07. The zero-order valence-electron chi connectivity index (χ0n) is 10.0. The average Bonchev–Trinajstić information content (AvgIpc) is 2.22. The number of ether oxygens (including phenoxy) is 1. The van der Waals surface area contributed by atoms with Crippen molar-refractivity contribution in [1.29, 1.82) is 0 Å². The maximum absolute atomic E-state index is 11.7. The number of carbonyl (C=O) groups is 2. The molecule has 4 heteroatoms. The van der Waals surface area contributed by atoms with Crippen LogP contribution in [0.25, 0.3) is 0 Å². The van der Waals surface area contributed by atoms with Gasteiger partial charge in [-0.3, -0.25) is 4.79 Å². The zero-order valence-corrected chi connectivity index (χ0v) is 10.0. The molecule has 0 saturated carbocycles. The molecule has 0 spiro atoms. The van der Waals surface area contributed by atoms with E-state index in [0.717, 1.165) is 6.42 Å². The molecule has 0 aromatic heterocycles. The summed E-state index contributed by atoms with van der Waals surface area (Å²) < 4.78 is 5.18. The second-order valence-corrected chi connectivity index (χ2v) is 5.17. The summed E-state index contributed by atoms with van der Waals surface area (Å²) in [7, 11) is 0. The van der Waals surface area contributed by atoms with Gasteiger partial charge in [0, 0.05) is 12.0 Å². The predicted molar refractivity (Wildman–Crippen MR) is 56.3 cm³/mol. The minimum absolute atomic E-state index is 0.0534. The van der Waals surface area contributed by atoms with Gasteiger partial charge in [0.2, 0.25) is 5.91 Å². The molecule has 2 atom stereocenters. The number of rotatable bonds is 0. The molecule has 1 fully saturated rings. The molecule has 0 N–H and O–H groups in total. The highest BCUT2D eigenvalue weighted by Gasteiger charge is 2.40. The van der Waals surface area contributed by atoms with E-state index in [1.54, 1.807) is 20.8 Å². The fourth-order valence-electron chi connectivity index (χ4n) is 1.75. The Morgan fingerprint density at radius 1 is 1.40 bits per heavy atom. The van der Waals surface area contributed by atoms with E-state index in [1.807, 2.05) is 13.8 Å². The molecular weight excluding hydrogens is 194 g/mol. The van der Waals surface area contributed by atoms with Gasteiger partial charge in [-0.2, -0.15) is 0 Å². The molecule has 0 aliphatic carbocycles. The lowest BCUT2D eigenvalue weighted by atomic mass is 10.1. The summed E-state index contributed by atoms with van der Waals surface area (Å²) in [5.41, 5.74) is -0.553. The summed E-state index contributed by atoms with van der Waals surface area (Å²) in [6, 6.07) is -0.0534. The Labute approximate surface area is 90.6 Å². The second-order valence-electron chi connectivity index (χ2n) is 5.17. The Morgan fingerprint density at radius 3 is 2.27 bits per heavy atom. The van der Waals surface area contributed by atoms with Crippen molar-refractivity contribution in [2.24, 2.45) is 5.92 Å². The average molecular weight is 213 g/mol. The number of nitrogens with zero attached hydrogens (tertiary/aromatic N) is 1. The van der Waals surface area contributed by atoms with E-state index in [0.29, 0.717) is 0 Å². The largest absolute Gasteiger partial charge is 0.443 e. The molecule has 0 aromatic rings. The van der Waals surface area contributed by atoms with Crippen molar-refractivity contribution in [1.82, 2.24) is 4.90 Å². The number of likely N-dealkylation sites (tertiary alicyclic amines) is 1. The Hall–Kier alpha value is -1.06. The van der Waals surface area contributed by atoms with Crippen molar-refractivity contribution in [2.75, 3.05) is 0 Å². The molecule has 1 saturated heterocycles. The fraction of sp³-hybridized carbons (Fsp3) is 0.818. The monoisotopic (exact) mass is 213 g/mol. The summed E-state index contributed by atoms with van der Waals surface area (Å²) >= 11 is 0. The van der Waals surface area contributed by atoms with Crippen LogP contribution in [0, 0.1) is 5.92 Å². The van der Waals surface area contributed by atoms with Gasteiger partial charge in [0.25, 0.3) is 0 Å². The van der Waals surface area contributed by atoms with E-state index in [4.69, 9.17) is 4.74 Å². The number of imide groups is 1. The lowest BCUT2D eigenvalue weighted by Gasteiger charge is -2.25. The van der Waals surface area contributed by atoms with Crippen molar-refractivity contribution < 1.29 is 14.3 Å². The Bertz CT molecular complexity index is 280. The van der Waals surface area contributed by atoms with Crippen LogP contribution in [0.1, 0.15) is 41.0 Å². The molecule has 4 nitrogen and oxygen atoms in total. The second kappa shape index (κ2) is 3.83. The first-order chi connectivity index (χ1) is 6.72. The standard InChI is InChI=1S/C11H19NO3/c1-7-6-8(2)12(9(7)13)10(14)15-11(3,4)5/h7-8H,6H2,1-5H3/t7-,8+/m1/s1.